The lowest BCUT2D eigenvalue weighted by molar-refractivity contribution is -0.136. The van der Waals surface area contributed by atoms with Crippen molar-refractivity contribution in [3.05, 3.63) is 64.2 Å². The molecule has 0 aliphatic rings. The van der Waals surface area contributed by atoms with Crippen molar-refractivity contribution in [2.24, 2.45) is 0 Å². The number of aromatic nitrogens is 1. The zero-order chi connectivity index (χ0) is 20.1. The van der Waals surface area contributed by atoms with E-state index in [2.05, 4.69) is 31.0 Å². The summed E-state index contributed by atoms with van der Waals surface area (Å²) in [7, 11) is 0. The van der Waals surface area contributed by atoms with Crippen LogP contribution in [0.25, 0.3) is 10.6 Å². The van der Waals surface area contributed by atoms with Gasteiger partial charge >= 0.3 is 5.97 Å². The van der Waals surface area contributed by atoms with E-state index in [4.69, 9.17) is 14.6 Å². The quantitative estimate of drug-likeness (QED) is 0.552. The van der Waals surface area contributed by atoms with E-state index in [1.807, 2.05) is 31.2 Å². The molecule has 6 heteroatoms. The van der Waals surface area contributed by atoms with E-state index < -0.39 is 5.97 Å². The predicted octanol–water partition coefficient (Wildman–Crippen LogP) is 4.82. The highest BCUT2D eigenvalue weighted by Gasteiger charge is 2.09. The van der Waals surface area contributed by atoms with Crippen LogP contribution in [-0.2, 0) is 11.2 Å². The Labute approximate surface area is 168 Å². The number of carboxylic acids is 1. The Kier molecular flexibility index (Phi) is 6.31. The number of carboxylic acid groups (broad SMARTS) is 1. The fraction of sp³-hybridized carbons (Fsp3) is 0.273. The van der Waals surface area contributed by atoms with Gasteiger partial charge in [-0.2, -0.15) is 0 Å². The summed E-state index contributed by atoms with van der Waals surface area (Å²) < 4.78 is 11.8. The molecule has 146 valence electrons. The Bertz CT molecular complexity index is 980. The summed E-state index contributed by atoms with van der Waals surface area (Å²) >= 11 is 1.43. The number of aryl methyl sites for hydroxylation is 2. The molecule has 0 radical (unpaired) electrons. The smallest absolute Gasteiger partial charge is 0.309 e. The average Bonchev–Trinajstić information content (AvgIpc) is 3.12. The number of hydrogen-bond acceptors (Lipinski definition) is 5. The molecule has 0 aliphatic carbocycles. The first-order valence-electron chi connectivity index (χ1n) is 9.03. The molecule has 0 unspecified atom stereocenters. The van der Waals surface area contributed by atoms with E-state index in [0.717, 1.165) is 33.2 Å². The molecule has 0 aliphatic heterocycles. The Hall–Kier alpha value is -2.86. The average molecular weight is 397 g/mol. The van der Waals surface area contributed by atoms with E-state index in [9.17, 15) is 4.79 Å². The summed E-state index contributed by atoms with van der Waals surface area (Å²) in [6.07, 6.45) is -0.0676. The summed E-state index contributed by atoms with van der Waals surface area (Å²) in [5.41, 5.74) is 4.95. The topological polar surface area (TPSA) is 68.7 Å². The van der Waals surface area contributed by atoms with Crippen LogP contribution in [0.15, 0.2) is 41.8 Å². The number of aliphatic carboxylic acids is 1. The van der Waals surface area contributed by atoms with Crippen LogP contribution >= 0.6 is 11.3 Å². The normalized spacial score (nSPS) is 10.7. The largest absolute Gasteiger partial charge is 0.490 e. The standard InChI is InChI=1S/C22H23NO4S/c1-14-7-8-15(2)21(16(14)3)27-10-9-26-19-6-4-5-17(11-19)22-23-18(13-28-22)12-20(24)25/h4-8,11,13H,9-10,12H2,1-3H3,(H,24,25). The summed E-state index contributed by atoms with van der Waals surface area (Å²) in [5.74, 6) is 0.771. The third-order valence-corrected chi connectivity index (χ3v) is 5.38. The van der Waals surface area contributed by atoms with Crippen molar-refractivity contribution in [3.8, 4) is 22.1 Å². The Morgan fingerprint density at radius 2 is 1.82 bits per heavy atom. The van der Waals surface area contributed by atoms with Crippen LogP contribution in [0.4, 0.5) is 0 Å². The zero-order valence-electron chi connectivity index (χ0n) is 16.2. The van der Waals surface area contributed by atoms with Crippen LogP contribution in [0.1, 0.15) is 22.4 Å². The Balaban J connectivity index is 1.59. The summed E-state index contributed by atoms with van der Waals surface area (Å²) in [6, 6.07) is 11.8. The van der Waals surface area contributed by atoms with Gasteiger partial charge < -0.3 is 14.6 Å². The second-order valence-electron chi connectivity index (χ2n) is 6.59. The highest BCUT2D eigenvalue weighted by atomic mass is 32.1. The maximum atomic E-state index is 10.8. The molecule has 28 heavy (non-hydrogen) atoms. The van der Waals surface area contributed by atoms with E-state index >= 15 is 0 Å². The number of carbonyl (C=O) groups is 1. The fourth-order valence-electron chi connectivity index (χ4n) is 2.85. The van der Waals surface area contributed by atoms with Crippen molar-refractivity contribution in [2.45, 2.75) is 27.2 Å². The minimum Gasteiger partial charge on any atom is -0.490 e. The summed E-state index contributed by atoms with van der Waals surface area (Å²) in [5, 5.41) is 11.4. The monoisotopic (exact) mass is 397 g/mol. The van der Waals surface area contributed by atoms with E-state index in [-0.39, 0.29) is 6.42 Å². The molecular formula is C22H23NO4S. The third kappa shape index (κ3) is 4.89. The highest BCUT2D eigenvalue weighted by molar-refractivity contribution is 7.13. The molecule has 2 aromatic carbocycles. The van der Waals surface area contributed by atoms with Crippen molar-refractivity contribution < 1.29 is 19.4 Å². The minimum atomic E-state index is -0.881. The first-order chi connectivity index (χ1) is 13.4. The van der Waals surface area contributed by atoms with Gasteiger partial charge in [0.15, 0.2) is 0 Å². The van der Waals surface area contributed by atoms with Crippen LogP contribution in [0.2, 0.25) is 0 Å². The van der Waals surface area contributed by atoms with Gasteiger partial charge in [-0.05, 0) is 49.6 Å². The van der Waals surface area contributed by atoms with Crippen molar-refractivity contribution in [1.29, 1.82) is 0 Å². The van der Waals surface area contributed by atoms with Gasteiger partial charge in [0, 0.05) is 10.9 Å². The molecule has 1 aromatic heterocycles. The van der Waals surface area contributed by atoms with Gasteiger partial charge in [-0.15, -0.1) is 11.3 Å². The number of rotatable bonds is 8. The zero-order valence-corrected chi connectivity index (χ0v) is 17.0. The maximum absolute atomic E-state index is 10.8. The van der Waals surface area contributed by atoms with Gasteiger partial charge in [0.2, 0.25) is 0 Å². The molecule has 0 saturated heterocycles. The molecule has 1 heterocycles. The maximum Gasteiger partial charge on any atom is 0.309 e. The predicted molar refractivity (Wildman–Crippen MR) is 111 cm³/mol. The van der Waals surface area contributed by atoms with Crippen LogP contribution in [0.3, 0.4) is 0 Å². The van der Waals surface area contributed by atoms with Gasteiger partial charge in [0.1, 0.15) is 29.7 Å². The molecule has 0 fully saturated rings. The minimum absolute atomic E-state index is 0.0676. The van der Waals surface area contributed by atoms with Crippen molar-refractivity contribution >= 4 is 17.3 Å². The Morgan fingerprint density at radius 3 is 2.61 bits per heavy atom. The Morgan fingerprint density at radius 1 is 1.07 bits per heavy atom. The van der Waals surface area contributed by atoms with Crippen LogP contribution < -0.4 is 9.47 Å². The van der Waals surface area contributed by atoms with Crippen LogP contribution in [0, 0.1) is 20.8 Å². The van der Waals surface area contributed by atoms with Gasteiger partial charge in [-0.3, -0.25) is 4.79 Å². The molecule has 0 atom stereocenters. The fourth-order valence-corrected chi connectivity index (χ4v) is 3.66. The molecule has 3 aromatic rings. The first kappa shape index (κ1) is 19.9. The number of ether oxygens (including phenoxy) is 2. The number of thiazole rings is 1. The second-order valence-corrected chi connectivity index (χ2v) is 7.45. The molecule has 3 rings (SSSR count). The van der Waals surface area contributed by atoms with Gasteiger partial charge in [0.25, 0.3) is 0 Å². The molecule has 0 spiro atoms. The van der Waals surface area contributed by atoms with Gasteiger partial charge in [-0.25, -0.2) is 4.98 Å². The lowest BCUT2D eigenvalue weighted by Crippen LogP contribution is -2.10. The molecular weight excluding hydrogens is 374 g/mol. The van der Waals surface area contributed by atoms with E-state index in [1.54, 1.807) is 5.38 Å². The number of hydrogen-bond donors (Lipinski definition) is 1. The lowest BCUT2D eigenvalue weighted by atomic mass is 10.1. The second kappa shape index (κ2) is 8.89. The molecule has 0 bridgehead atoms. The van der Waals surface area contributed by atoms with E-state index in [1.165, 1.54) is 16.9 Å². The van der Waals surface area contributed by atoms with Crippen molar-refractivity contribution in [2.75, 3.05) is 13.2 Å². The van der Waals surface area contributed by atoms with Crippen molar-refractivity contribution in [1.82, 2.24) is 4.98 Å². The number of benzene rings is 2. The molecule has 1 N–H and O–H groups in total. The number of nitrogens with zero attached hydrogens (tertiary/aromatic N) is 1. The lowest BCUT2D eigenvalue weighted by Gasteiger charge is -2.14. The van der Waals surface area contributed by atoms with Crippen LogP contribution in [-0.4, -0.2) is 29.3 Å². The van der Waals surface area contributed by atoms with Gasteiger partial charge in [-0.1, -0.05) is 24.3 Å². The summed E-state index contributed by atoms with van der Waals surface area (Å²) in [6.45, 7) is 7.06. The van der Waals surface area contributed by atoms with Gasteiger partial charge in [0.05, 0.1) is 12.1 Å². The first-order valence-corrected chi connectivity index (χ1v) is 9.91. The summed E-state index contributed by atoms with van der Waals surface area (Å²) in [4.78, 5) is 15.2. The van der Waals surface area contributed by atoms with Crippen LogP contribution in [0.5, 0.6) is 11.5 Å². The molecule has 0 saturated carbocycles. The molecule has 5 nitrogen and oxygen atoms in total. The van der Waals surface area contributed by atoms with E-state index in [0.29, 0.717) is 18.9 Å². The highest BCUT2D eigenvalue weighted by Crippen LogP contribution is 2.28. The third-order valence-electron chi connectivity index (χ3n) is 4.44. The van der Waals surface area contributed by atoms with Crippen molar-refractivity contribution in [3.63, 3.8) is 0 Å². The SMILES string of the molecule is Cc1ccc(C)c(OCCOc2cccc(-c3nc(CC(=O)O)cs3)c2)c1C. The molecule has 0 amide bonds.